The van der Waals surface area contributed by atoms with Crippen LogP contribution in [0.3, 0.4) is 0 Å². The summed E-state index contributed by atoms with van der Waals surface area (Å²) in [4.78, 5) is 11.0. The van der Waals surface area contributed by atoms with Gasteiger partial charge in [-0.05, 0) is 12.1 Å². The number of nitrogens with two attached hydrogens (primary N) is 1. The highest BCUT2D eigenvalue weighted by Crippen LogP contribution is 2.14. The first-order valence-corrected chi connectivity index (χ1v) is 2.98. The van der Waals surface area contributed by atoms with Gasteiger partial charge in [0, 0.05) is 12.4 Å². The Balaban J connectivity index is 2.68. The Hall–Kier alpha value is -1.51. The summed E-state index contributed by atoms with van der Waals surface area (Å²) in [6.45, 7) is 0. The van der Waals surface area contributed by atoms with E-state index in [9.17, 15) is 4.79 Å². The fraction of sp³-hybridized carbons (Fsp3) is 0. The second-order valence-electron chi connectivity index (χ2n) is 2.21. The van der Waals surface area contributed by atoms with E-state index in [0.29, 0.717) is 11.4 Å². The number of aromatic nitrogens is 1. The van der Waals surface area contributed by atoms with E-state index >= 15 is 0 Å². The third-order valence-electron chi connectivity index (χ3n) is 1.55. The maximum atomic E-state index is 11.0. The highest BCUT2D eigenvalue weighted by molar-refractivity contribution is 6.12. The normalized spacial score (nSPS) is 15.2. The van der Waals surface area contributed by atoms with Crippen molar-refractivity contribution in [1.82, 2.24) is 4.57 Å². The molecule has 1 aromatic rings. The summed E-state index contributed by atoms with van der Waals surface area (Å²) in [6, 6.07) is 3.56. The maximum absolute atomic E-state index is 11.0. The number of allylic oxidation sites excluding steroid dienone is 1. The van der Waals surface area contributed by atoms with Crippen molar-refractivity contribution < 1.29 is 4.79 Å². The van der Waals surface area contributed by atoms with Crippen LogP contribution in [0.15, 0.2) is 24.0 Å². The zero-order valence-electron chi connectivity index (χ0n) is 5.24. The molecular weight excluding hydrogens is 128 g/mol. The van der Waals surface area contributed by atoms with Gasteiger partial charge < -0.3 is 10.3 Å². The van der Waals surface area contributed by atoms with Crippen molar-refractivity contribution in [2.45, 2.75) is 0 Å². The van der Waals surface area contributed by atoms with E-state index in [-0.39, 0.29) is 5.78 Å². The van der Waals surface area contributed by atoms with Gasteiger partial charge >= 0.3 is 0 Å². The molecule has 0 radical (unpaired) electrons. The Bertz CT molecular complexity index is 322. The molecule has 3 nitrogen and oxygen atoms in total. The zero-order valence-corrected chi connectivity index (χ0v) is 5.24. The number of carbonyl (C=O) groups is 1. The lowest BCUT2D eigenvalue weighted by atomic mass is 10.3. The van der Waals surface area contributed by atoms with Crippen molar-refractivity contribution in [2.75, 3.05) is 0 Å². The summed E-state index contributed by atoms with van der Waals surface area (Å²) in [5.74, 6) is -0.0787. The molecule has 50 valence electrons. The maximum Gasteiger partial charge on any atom is 0.226 e. The van der Waals surface area contributed by atoms with Crippen LogP contribution in [0.25, 0.3) is 6.20 Å². The third-order valence-corrected chi connectivity index (χ3v) is 1.55. The highest BCUT2D eigenvalue weighted by atomic mass is 16.1. The molecule has 3 heteroatoms. The molecular formula is C7H6N2O. The summed E-state index contributed by atoms with van der Waals surface area (Å²) in [5, 5.41) is 0. The minimum absolute atomic E-state index is 0.0787. The summed E-state index contributed by atoms with van der Waals surface area (Å²) in [6.07, 6.45) is 3.42. The molecule has 10 heavy (non-hydrogen) atoms. The third kappa shape index (κ3) is 0.466. The molecule has 2 heterocycles. The van der Waals surface area contributed by atoms with Gasteiger partial charge in [-0.15, -0.1) is 0 Å². The number of hydrogen-bond donors (Lipinski definition) is 1. The van der Waals surface area contributed by atoms with Crippen molar-refractivity contribution >= 4 is 12.0 Å². The molecule has 0 amide bonds. The van der Waals surface area contributed by atoms with E-state index in [4.69, 9.17) is 5.73 Å². The minimum Gasteiger partial charge on any atom is -0.394 e. The lowest BCUT2D eigenvalue weighted by Gasteiger charge is -1.87. The monoisotopic (exact) mass is 134 g/mol. The predicted octanol–water partition coefficient (Wildman–Crippen LogP) is 0.442. The summed E-state index contributed by atoms with van der Waals surface area (Å²) < 4.78 is 1.72. The SMILES string of the molecule is NC1=Cn2cccc2C1=O. The van der Waals surface area contributed by atoms with E-state index in [2.05, 4.69) is 0 Å². The number of fused-ring (bicyclic) bond motifs is 1. The van der Waals surface area contributed by atoms with Crippen molar-refractivity contribution in [3.8, 4) is 0 Å². The first kappa shape index (κ1) is 5.29. The Morgan fingerprint density at radius 1 is 1.50 bits per heavy atom. The van der Waals surface area contributed by atoms with Crippen LogP contribution in [0.5, 0.6) is 0 Å². The number of carbonyl (C=O) groups excluding carboxylic acids is 1. The van der Waals surface area contributed by atoms with E-state index < -0.39 is 0 Å². The van der Waals surface area contributed by atoms with Crippen LogP contribution < -0.4 is 5.73 Å². The fourth-order valence-electron chi connectivity index (χ4n) is 1.06. The molecule has 2 N–H and O–H groups in total. The Kier molecular flexibility index (Phi) is 0.795. The van der Waals surface area contributed by atoms with Crippen LogP contribution in [0.2, 0.25) is 0 Å². The molecule has 1 aliphatic rings. The van der Waals surface area contributed by atoms with Crippen LogP contribution >= 0.6 is 0 Å². The minimum atomic E-state index is -0.0787. The molecule has 0 aliphatic carbocycles. The van der Waals surface area contributed by atoms with Crippen molar-refractivity contribution in [3.63, 3.8) is 0 Å². The summed E-state index contributed by atoms with van der Waals surface area (Å²) >= 11 is 0. The predicted molar refractivity (Wildman–Crippen MR) is 37.2 cm³/mol. The number of rotatable bonds is 0. The molecule has 2 rings (SSSR count). The number of hydrogen-bond acceptors (Lipinski definition) is 2. The van der Waals surface area contributed by atoms with E-state index in [1.54, 1.807) is 23.0 Å². The van der Waals surface area contributed by atoms with Gasteiger partial charge in [-0.3, -0.25) is 4.79 Å². The van der Waals surface area contributed by atoms with Gasteiger partial charge in [-0.25, -0.2) is 0 Å². The molecule has 1 aliphatic heterocycles. The highest BCUT2D eigenvalue weighted by Gasteiger charge is 2.18. The summed E-state index contributed by atoms with van der Waals surface area (Å²) in [7, 11) is 0. The molecule has 0 bridgehead atoms. The molecule has 0 fully saturated rings. The van der Waals surface area contributed by atoms with Crippen LogP contribution in [-0.2, 0) is 0 Å². The summed E-state index contributed by atoms with van der Waals surface area (Å²) in [5.41, 5.74) is 6.33. The first-order valence-electron chi connectivity index (χ1n) is 2.98. The smallest absolute Gasteiger partial charge is 0.226 e. The van der Waals surface area contributed by atoms with Crippen LogP contribution in [0.1, 0.15) is 10.5 Å². The Morgan fingerprint density at radius 2 is 2.30 bits per heavy atom. The van der Waals surface area contributed by atoms with Crippen molar-refractivity contribution in [3.05, 3.63) is 29.7 Å². The molecule has 0 atom stereocenters. The lowest BCUT2D eigenvalue weighted by molar-refractivity contribution is 0.103. The van der Waals surface area contributed by atoms with Crippen LogP contribution in [0, 0.1) is 0 Å². The number of ketones is 1. The quantitative estimate of drug-likeness (QED) is 0.559. The molecule has 0 saturated heterocycles. The van der Waals surface area contributed by atoms with Gasteiger partial charge in [0.15, 0.2) is 0 Å². The topological polar surface area (TPSA) is 48.0 Å². The molecule has 0 aromatic carbocycles. The standard InChI is InChI=1S/C7H6N2O/c8-5-4-9-3-1-2-6(9)7(5)10/h1-4H,8H2. The van der Waals surface area contributed by atoms with Crippen molar-refractivity contribution in [2.24, 2.45) is 5.73 Å². The van der Waals surface area contributed by atoms with E-state index in [1.807, 2.05) is 6.07 Å². The average molecular weight is 134 g/mol. The van der Waals surface area contributed by atoms with Gasteiger partial charge in [0.05, 0.1) is 11.4 Å². The molecule has 1 aromatic heterocycles. The fourth-order valence-corrected chi connectivity index (χ4v) is 1.06. The van der Waals surface area contributed by atoms with Gasteiger partial charge in [0.25, 0.3) is 0 Å². The van der Waals surface area contributed by atoms with Gasteiger partial charge in [-0.2, -0.15) is 0 Å². The first-order chi connectivity index (χ1) is 4.79. The average Bonchev–Trinajstić information content (AvgIpc) is 2.41. The Labute approximate surface area is 57.8 Å². The van der Waals surface area contributed by atoms with E-state index in [0.717, 1.165) is 0 Å². The number of nitrogens with zero attached hydrogens (tertiary/aromatic N) is 1. The van der Waals surface area contributed by atoms with Crippen LogP contribution in [0.4, 0.5) is 0 Å². The zero-order chi connectivity index (χ0) is 7.14. The second-order valence-corrected chi connectivity index (χ2v) is 2.21. The van der Waals surface area contributed by atoms with E-state index in [1.165, 1.54) is 0 Å². The van der Waals surface area contributed by atoms with Gasteiger partial charge in [0.2, 0.25) is 5.78 Å². The molecule has 0 unspecified atom stereocenters. The van der Waals surface area contributed by atoms with Crippen molar-refractivity contribution in [1.29, 1.82) is 0 Å². The van der Waals surface area contributed by atoms with Crippen LogP contribution in [-0.4, -0.2) is 10.4 Å². The largest absolute Gasteiger partial charge is 0.394 e. The molecule has 0 spiro atoms. The van der Waals surface area contributed by atoms with Gasteiger partial charge in [-0.1, -0.05) is 0 Å². The Morgan fingerprint density at radius 3 is 3.00 bits per heavy atom. The molecule has 0 saturated carbocycles. The van der Waals surface area contributed by atoms with Gasteiger partial charge in [0.1, 0.15) is 0 Å². The lowest BCUT2D eigenvalue weighted by Crippen LogP contribution is -2.05. The second kappa shape index (κ2) is 1.50. The number of Topliss-reactive ketones (excluding diaryl/α,β-unsaturated/α-hetero) is 1.